The molecule has 2 aromatic rings. The van der Waals surface area contributed by atoms with Crippen LogP contribution in [0.2, 0.25) is 0 Å². The highest BCUT2D eigenvalue weighted by molar-refractivity contribution is 5.86. The number of carbonyl (C=O) groups excluding carboxylic acids is 1. The molecule has 1 heterocycles. The predicted molar refractivity (Wildman–Crippen MR) is 115 cm³/mol. The van der Waals surface area contributed by atoms with Crippen LogP contribution in [0.15, 0.2) is 41.5 Å². The molecule has 158 valence electrons. The van der Waals surface area contributed by atoms with E-state index in [2.05, 4.69) is 20.7 Å². The lowest BCUT2D eigenvalue weighted by Gasteiger charge is -2.15. The summed E-state index contributed by atoms with van der Waals surface area (Å²) in [6.45, 7) is 6.70. The van der Waals surface area contributed by atoms with Crippen molar-refractivity contribution in [3.05, 3.63) is 47.8 Å². The molecule has 0 saturated heterocycles. The van der Waals surface area contributed by atoms with Crippen molar-refractivity contribution in [3.8, 4) is 5.69 Å². The Bertz CT molecular complexity index is 800. The Balaban J connectivity index is 2.08. The molecule has 1 aromatic heterocycles. The Labute approximate surface area is 173 Å². The smallest absolute Gasteiger partial charge is 0.241 e. The zero-order valence-electron chi connectivity index (χ0n) is 17.8. The Hall–Kier alpha value is -2.87. The van der Waals surface area contributed by atoms with Gasteiger partial charge in [-0.15, -0.1) is 0 Å². The second kappa shape index (κ2) is 11.9. The van der Waals surface area contributed by atoms with E-state index in [1.54, 1.807) is 19.0 Å². The Kier molecular flexibility index (Phi) is 9.17. The van der Waals surface area contributed by atoms with Crippen molar-refractivity contribution >= 4 is 11.9 Å². The molecule has 29 heavy (non-hydrogen) atoms. The molecule has 2 rings (SSSR count). The van der Waals surface area contributed by atoms with E-state index in [1.807, 2.05) is 55.1 Å². The van der Waals surface area contributed by atoms with E-state index in [-0.39, 0.29) is 12.5 Å². The number of carbonyl (C=O) groups is 1. The molecule has 1 amide bonds. The summed E-state index contributed by atoms with van der Waals surface area (Å²) in [6, 6.07) is 10.0. The summed E-state index contributed by atoms with van der Waals surface area (Å²) in [4.78, 5) is 18.2. The normalized spacial score (nSPS) is 11.4. The van der Waals surface area contributed by atoms with Crippen LogP contribution in [-0.2, 0) is 16.1 Å². The van der Waals surface area contributed by atoms with E-state index in [9.17, 15) is 4.79 Å². The van der Waals surface area contributed by atoms with Gasteiger partial charge >= 0.3 is 0 Å². The van der Waals surface area contributed by atoms with Crippen LogP contribution < -0.4 is 10.6 Å². The highest BCUT2D eigenvalue weighted by atomic mass is 16.5. The van der Waals surface area contributed by atoms with Gasteiger partial charge in [0.25, 0.3) is 0 Å². The van der Waals surface area contributed by atoms with E-state index >= 15 is 0 Å². The number of rotatable bonds is 10. The van der Waals surface area contributed by atoms with Gasteiger partial charge in [0.05, 0.1) is 24.5 Å². The average Bonchev–Trinajstić information content (AvgIpc) is 3.15. The van der Waals surface area contributed by atoms with Crippen molar-refractivity contribution in [2.24, 2.45) is 4.99 Å². The Morgan fingerprint density at radius 2 is 2.03 bits per heavy atom. The van der Waals surface area contributed by atoms with Crippen LogP contribution in [-0.4, -0.2) is 66.9 Å². The predicted octanol–water partition coefficient (Wildman–Crippen LogP) is 1.73. The number of aryl methyl sites for hydroxylation is 1. The second-order valence-electron chi connectivity index (χ2n) is 6.81. The van der Waals surface area contributed by atoms with Crippen molar-refractivity contribution in [2.45, 2.75) is 26.8 Å². The quantitative estimate of drug-likeness (QED) is 0.361. The number of guanidine groups is 1. The zero-order valence-corrected chi connectivity index (χ0v) is 17.8. The van der Waals surface area contributed by atoms with Gasteiger partial charge in [-0.05, 0) is 38.0 Å². The third-order valence-corrected chi connectivity index (χ3v) is 4.24. The molecular formula is C21H32N6O2. The molecule has 0 aliphatic heterocycles. The lowest BCUT2D eigenvalue weighted by atomic mass is 10.2. The number of aliphatic imine (C=N–C) groups is 1. The number of nitrogens with zero attached hydrogens (tertiary/aromatic N) is 4. The summed E-state index contributed by atoms with van der Waals surface area (Å²) in [5.74, 6) is 0.587. The number of nitrogens with one attached hydrogen (secondary N) is 2. The molecule has 0 spiro atoms. The summed E-state index contributed by atoms with van der Waals surface area (Å²) in [5.41, 5.74) is 3.00. The maximum Gasteiger partial charge on any atom is 0.241 e. The summed E-state index contributed by atoms with van der Waals surface area (Å²) in [7, 11) is 3.47. The maximum atomic E-state index is 11.9. The van der Waals surface area contributed by atoms with Gasteiger partial charge < -0.3 is 20.3 Å². The minimum atomic E-state index is -0.0127. The minimum absolute atomic E-state index is 0.0127. The molecule has 0 radical (unpaired) electrons. The van der Waals surface area contributed by atoms with Crippen molar-refractivity contribution in [3.63, 3.8) is 0 Å². The van der Waals surface area contributed by atoms with Gasteiger partial charge in [-0.25, -0.2) is 9.67 Å². The number of para-hydroxylation sites is 1. The first-order valence-electron chi connectivity index (χ1n) is 9.92. The molecule has 0 unspecified atom stereocenters. The molecular weight excluding hydrogens is 368 g/mol. The third-order valence-electron chi connectivity index (χ3n) is 4.24. The first kappa shape index (κ1) is 22.4. The molecule has 2 N–H and O–H groups in total. The number of likely N-dealkylation sites (N-methyl/N-ethyl adjacent to an activating group) is 1. The Morgan fingerprint density at radius 3 is 2.72 bits per heavy atom. The van der Waals surface area contributed by atoms with E-state index in [4.69, 9.17) is 4.74 Å². The lowest BCUT2D eigenvalue weighted by molar-refractivity contribution is -0.127. The molecule has 8 nitrogen and oxygen atoms in total. The number of benzene rings is 1. The summed E-state index contributed by atoms with van der Waals surface area (Å²) >= 11 is 0. The SMILES string of the molecule is CCOCCCNC(=NCc1ccccc1-n1ccc(C)n1)NCC(=O)N(C)C. The monoisotopic (exact) mass is 400 g/mol. The average molecular weight is 401 g/mol. The van der Waals surface area contributed by atoms with Crippen LogP contribution in [0.25, 0.3) is 5.69 Å². The van der Waals surface area contributed by atoms with Crippen molar-refractivity contribution in [1.29, 1.82) is 0 Å². The molecule has 1 aromatic carbocycles. The highest BCUT2D eigenvalue weighted by Crippen LogP contribution is 2.15. The van der Waals surface area contributed by atoms with Crippen LogP contribution in [0.3, 0.4) is 0 Å². The highest BCUT2D eigenvalue weighted by Gasteiger charge is 2.08. The molecule has 8 heteroatoms. The number of hydrogen-bond donors (Lipinski definition) is 2. The van der Waals surface area contributed by atoms with Gasteiger partial charge in [-0.1, -0.05) is 18.2 Å². The van der Waals surface area contributed by atoms with E-state index < -0.39 is 0 Å². The van der Waals surface area contributed by atoms with Crippen LogP contribution in [0.4, 0.5) is 0 Å². The number of amides is 1. The van der Waals surface area contributed by atoms with Crippen molar-refractivity contribution < 1.29 is 9.53 Å². The topological polar surface area (TPSA) is 83.8 Å². The van der Waals surface area contributed by atoms with E-state index in [1.165, 1.54) is 0 Å². The van der Waals surface area contributed by atoms with Gasteiger partial charge in [-0.3, -0.25) is 4.79 Å². The van der Waals surface area contributed by atoms with Gasteiger partial charge in [0.1, 0.15) is 0 Å². The molecule has 0 fully saturated rings. The van der Waals surface area contributed by atoms with Crippen LogP contribution in [0.5, 0.6) is 0 Å². The third kappa shape index (κ3) is 7.57. The molecule has 0 bridgehead atoms. The van der Waals surface area contributed by atoms with Gasteiger partial charge in [0.2, 0.25) is 5.91 Å². The second-order valence-corrected chi connectivity index (χ2v) is 6.81. The summed E-state index contributed by atoms with van der Waals surface area (Å²) < 4.78 is 7.23. The molecule has 0 saturated carbocycles. The van der Waals surface area contributed by atoms with Gasteiger partial charge in [0.15, 0.2) is 5.96 Å². The molecule has 0 aliphatic carbocycles. The van der Waals surface area contributed by atoms with Crippen LogP contribution in [0.1, 0.15) is 24.6 Å². The van der Waals surface area contributed by atoms with Gasteiger partial charge in [-0.2, -0.15) is 5.10 Å². The molecule has 0 aliphatic rings. The summed E-state index contributed by atoms with van der Waals surface area (Å²) in [5, 5.41) is 10.9. The Morgan fingerprint density at radius 1 is 1.24 bits per heavy atom. The fourth-order valence-corrected chi connectivity index (χ4v) is 2.60. The van der Waals surface area contributed by atoms with Crippen LogP contribution in [0, 0.1) is 6.92 Å². The largest absolute Gasteiger partial charge is 0.382 e. The first-order valence-corrected chi connectivity index (χ1v) is 9.92. The maximum absolute atomic E-state index is 11.9. The lowest BCUT2D eigenvalue weighted by Crippen LogP contribution is -2.43. The number of aromatic nitrogens is 2. The van der Waals surface area contributed by atoms with Crippen LogP contribution >= 0.6 is 0 Å². The van der Waals surface area contributed by atoms with Gasteiger partial charge in [0, 0.05) is 40.1 Å². The number of ether oxygens (including phenoxy) is 1. The van der Waals surface area contributed by atoms with E-state index in [0.29, 0.717) is 32.3 Å². The number of hydrogen-bond acceptors (Lipinski definition) is 4. The summed E-state index contributed by atoms with van der Waals surface area (Å²) in [6.07, 6.45) is 2.80. The van der Waals surface area contributed by atoms with Crippen molar-refractivity contribution in [1.82, 2.24) is 25.3 Å². The molecule has 0 atom stereocenters. The minimum Gasteiger partial charge on any atom is -0.382 e. The zero-order chi connectivity index (χ0) is 21.1. The first-order chi connectivity index (χ1) is 14.0. The fourth-order valence-electron chi connectivity index (χ4n) is 2.60. The standard InChI is InChI=1S/C21H32N6O2/c1-5-29-14-8-12-22-21(24-16-20(28)26(3)4)23-15-18-9-6-7-10-19(18)27-13-11-17(2)25-27/h6-7,9-11,13H,5,8,12,14-16H2,1-4H3,(H2,22,23,24). The van der Waals surface area contributed by atoms with Crippen molar-refractivity contribution in [2.75, 3.05) is 40.4 Å². The van der Waals surface area contributed by atoms with E-state index in [0.717, 1.165) is 23.4 Å². The fraction of sp³-hybridized carbons (Fsp3) is 0.476.